The second kappa shape index (κ2) is 11.5. The summed E-state index contributed by atoms with van der Waals surface area (Å²) in [5, 5.41) is 6.14. The van der Waals surface area contributed by atoms with E-state index in [2.05, 4.69) is 39.6 Å². The average Bonchev–Trinajstić information content (AvgIpc) is 2.57. The summed E-state index contributed by atoms with van der Waals surface area (Å²) in [7, 11) is 2.00. The van der Waals surface area contributed by atoms with Crippen molar-refractivity contribution in [3.63, 3.8) is 0 Å². The van der Waals surface area contributed by atoms with Crippen molar-refractivity contribution in [1.29, 1.82) is 0 Å². The monoisotopic (exact) mass is 318 g/mol. The average molecular weight is 318 g/mol. The fourth-order valence-electron chi connectivity index (χ4n) is 2.16. The van der Waals surface area contributed by atoms with Gasteiger partial charge in [-0.25, -0.2) is 4.99 Å². The van der Waals surface area contributed by atoms with Crippen molar-refractivity contribution in [2.24, 2.45) is 4.99 Å². The SMILES string of the molecule is CCCCN(C)C(=NCC(=O)NCCc1ccccc1)NCC. The third-order valence-corrected chi connectivity index (χ3v) is 3.49. The Balaban J connectivity index is 2.37. The molecule has 23 heavy (non-hydrogen) atoms. The Kier molecular flexibility index (Phi) is 9.52. The standard InChI is InChI=1S/C18H30N4O/c1-4-6-14-22(3)18(19-5-2)21-15-17(23)20-13-12-16-10-8-7-9-11-16/h7-11H,4-6,12-15H2,1-3H3,(H,19,21)(H,20,23). The van der Waals surface area contributed by atoms with Crippen molar-refractivity contribution in [2.45, 2.75) is 33.1 Å². The molecule has 1 aromatic carbocycles. The van der Waals surface area contributed by atoms with Crippen LogP contribution < -0.4 is 10.6 Å². The molecular weight excluding hydrogens is 288 g/mol. The molecule has 1 aromatic rings. The Labute approximate surface area is 140 Å². The molecule has 0 atom stereocenters. The summed E-state index contributed by atoms with van der Waals surface area (Å²) in [6, 6.07) is 10.1. The van der Waals surface area contributed by atoms with Crippen LogP contribution in [0.2, 0.25) is 0 Å². The molecule has 0 radical (unpaired) electrons. The molecule has 0 bridgehead atoms. The topological polar surface area (TPSA) is 56.7 Å². The minimum atomic E-state index is -0.0415. The quantitative estimate of drug-likeness (QED) is 0.541. The molecular formula is C18H30N4O. The van der Waals surface area contributed by atoms with Crippen LogP contribution >= 0.6 is 0 Å². The maximum Gasteiger partial charge on any atom is 0.241 e. The number of hydrogen-bond acceptors (Lipinski definition) is 2. The summed E-state index contributed by atoms with van der Waals surface area (Å²) in [5.41, 5.74) is 1.23. The van der Waals surface area contributed by atoms with Gasteiger partial charge in [-0.2, -0.15) is 0 Å². The first kappa shape index (κ1) is 19.0. The van der Waals surface area contributed by atoms with Crippen molar-refractivity contribution in [3.05, 3.63) is 35.9 Å². The molecule has 128 valence electrons. The first-order valence-electron chi connectivity index (χ1n) is 8.47. The number of rotatable bonds is 9. The normalized spacial score (nSPS) is 11.2. The summed E-state index contributed by atoms with van der Waals surface area (Å²) in [4.78, 5) is 18.4. The lowest BCUT2D eigenvalue weighted by Gasteiger charge is -2.21. The Morgan fingerprint density at radius 3 is 2.57 bits per heavy atom. The van der Waals surface area contributed by atoms with Crippen LogP contribution in [0.5, 0.6) is 0 Å². The summed E-state index contributed by atoms with van der Waals surface area (Å²) in [5.74, 6) is 0.749. The molecule has 0 spiro atoms. The number of unbranched alkanes of at least 4 members (excludes halogenated alkanes) is 1. The zero-order valence-electron chi connectivity index (χ0n) is 14.6. The van der Waals surface area contributed by atoms with E-state index >= 15 is 0 Å². The number of carbonyl (C=O) groups excluding carboxylic acids is 1. The second-order valence-corrected chi connectivity index (χ2v) is 5.53. The van der Waals surface area contributed by atoms with Crippen molar-refractivity contribution in [2.75, 3.05) is 33.2 Å². The molecule has 5 heteroatoms. The van der Waals surface area contributed by atoms with Crippen LogP contribution in [-0.4, -0.2) is 50.0 Å². The van der Waals surface area contributed by atoms with Crippen LogP contribution in [0.25, 0.3) is 0 Å². The van der Waals surface area contributed by atoms with Gasteiger partial charge in [-0.05, 0) is 25.3 Å². The van der Waals surface area contributed by atoms with E-state index in [1.54, 1.807) is 0 Å². The molecule has 0 unspecified atom stereocenters. The summed E-state index contributed by atoms with van der Waals surface area (Å²) in [6.45, 7) is 6.73. The first-order valence-corrected chi connectivity index (χ1v) is 8.47. The first-order chi connectivity index (χ1) is 11.2. The Bertz CT molecular complexity index is 473. The van der Waals surface area contributed by atoms with Gasteiger partial charge in [0.15, 0.2) is 5.96 Å². The maximum absolute atomic E-state index is 11.9. The summed E-state index contributed by atoms with van der Waals surface area (Å²) < 4.78 is 0. The third-order valence-electron chi connectivity index (χ3n) is 3.49. The number of guanidine groups is 1. The molecule has 0 fully saturated rings. The van der Waals surface area contributed by atoms with Crippen LogP contribution in [0.1, 0.15) is 32.3 Å². The number of nitrogens with zero attached hydrogens (tertiary/aromatic N) is 2. The third kappa shape index (κ3) is 8.24. The van der Waals surface area contributed by atoms with Gasteiger partial charge in [0.25, 0.3) is 0 Å². The van der Waals surface area contributed by atoms with Gasteiger partial charge in [0.2, 0.25) is 5.91 Å². The van der Waals surface area contributed by atoms with E-state index in [0.29, 0.717) is 6.54 Å². The minimum Gasteiger partial charge on any atom is -0.357 e. The van der Waals surface area contributed by atoms with Crippen LogP contribution in [0.4, 0.5) is 0 Å². The van der Waals surface area contributed by atoms with Crippen LogP contribution in [-0.2, 0) is 11.2 Å². The van der Waals surface area contributed by atoms with Crippen LogP contribution in [0.3, 0.4) is 0 Å². The van der Waals surface area contributed by atoms with E-state index in [4.69, 9.17) is 0 Å². The molecule has 0 saturated heterocycles. The molecule has 0 aromatic heterocycles. The van der Waals surface area contributed by atoms with Crippen molar-refractivity contribution in [1.82, 2.24) is 15.5 Å². The number of aliphatic imine (C=N–C) groups is 1. The van der Waals surface area contributed by atoms with Gasteiger partial charge >= 0.3 is 0 Å². The number of hydrogen-bond donors (Lipinski definition) is 2. The summed E-state index contributed by atoms with van der Waals surface area (Å²) >= 11 is 0. The largest absolute Gasteiger partial charge is 0.357 e. The van der Waals surface area contributed by atoms with Gasteiger partial charge < -0.3 is 15.5 Å². The number of carbonyl (C=O) groups is 1. The summed E-state index contributed by atoms with van der Waals surface area (Å²) in [6.07, 6.45) is 3.10. The predicted octanol–water partition coefficient (Wildman–Crippen LogP) is 2.04. The maximum atomic E-state index is 11.9. The molecule has 2 N–H and O–H groups in total. The van der Waals surface area contributed by atoms with Crippen molar-refractivity contribution in [3.8, 4) is 0 Å². The highest BCUT2D eigenvalue weighted by molar-refractivity contribution is 5.84. The highest BCUT2D eigenvalue weighted by Gasteiger charge is 2.06. The number of benzene rings is 1. The van der Waals surface area contributed by atoms with E-state index in [9.17, 15) is 4.79 Å². The lowest BCUT2D eigenvalue weighted by molar-refractivity contribution is -0.119. The Morgan fingerprint density at radius 2 is 1.91 bits per heavy atom. The van der Waals surface area contributed by atoms with Crippen LogP contribution in [0.15, 0.2) is 35.3 Å². The van der Waals surface area contributed by atoms with E-state index in [1.807, 2.05) is 32.2 Å². The predicted molar refractivity (Wildman–Crippen MR) is 96.7 cm³/mol. The fourth-order valence-corrected chi connectivity index (χ4v) is 2.16. The zero-order chi connectivity index (χ0) is 16.9. The zero-order valence-corrected chi connectivity index (χ0v) is 14.6. The molecule has 1 rings (SSSR count). The molecule has 0 heterocycles. The molecule has 0 aliphatic carbocycles. The highest BCUT2D eigenvalue weighted by Crippen LogP contribution is 1.98. The highest BCUT2D eigenvalue weighted by atomic mass is 16.1. The van der Waals surface area contributed by atoms with Gasteiger partial charge in [0, 0.05) is 26.7 Å². The lowest BCUT2D eigenvalue weighted by Crippen LogP contribution is -2.40. The molecule has 1 amide bonds. The van der Waals surface area contributed by atoms with E-state index < -0.39 is 0 Å². The Hall–Kier alpha value is -2.04. The van der Waals surface area contributed by atoms with Gasteiger partial charge in [-0.15, -0.1) is 0 Å². The number of amides is 1. The van der Waals surface area contributed by atoms with Crippen LogP contribution in [0, 0.1) is 0 Å². The minimum absolute atomic E-state index is 0.0415. The van der Waals surface area contributed by atoms with E-state index in [1.165, 1.54) is 5.56 Å². The van der Waals surface area contributed by atoms with Gasteiger partial charge in [0.05, 0.1) is 0 Å². The van der Waals surface area contributed by atoms with Crippen molar-refractivity contribution >= 4 is 11.9 Å². The van der Waals surface area contributed by atoms with E-state index in [0.717, 1.165) is 38.3 Å². The van der Waals surface area contributed by atoms with Crippen molar-refractivity contribution < 1.29 is 4.79 Å². The van der Waals surface area contributed by atoms with E-state index in [-0.39, 0.29) is 12.5 Å². The van der Waals surface area contributed by atoms with Gasteiger partial charge in [0.1, 0.15) is 6.54 Å². The molecule has 0 aliphatic heterocycles. The number of nitrogens with one attached hydrogen (secondary N) is 2. The lowest BCUT2D eigenvalue weighted by atomic mass is 10.1. The molecule has 0 aliphatic rings. The Morgan fingerprint density at radius 1 is 1.17 bits per heavy atom. The van der Waals surface area contributed by atoms with Gasteiger partial charge in [-0.1, -0.05) is 43.7 Å². The molecule has 0 saturated carbocycles. The van der Waals surface area contributed by atoms with Gasteiger partial charge in [-0.3, -0.25) is 4.79 Å². The smallest absolute Gasteiger partial charge is 0.241 e. The second-order valence-electron chi connectivity index (χ2n) is 5.53. The fraction of sp³-hybridized carbons (Fsp3) is 0.556. The molecule has 5 nitrogen and oxygen atoms in total.